The van der Waals surface area contributed by atoms with E-state index in [-0.39, 0.29) is 6.04 Å². The molecule has 1 aliphatic rings. The van der Waals surface area contributed by atoms with Crippen LogP contribution in [-0.2, 0) is 6.54 Å². The van der Waals surface area contributed by atoms with Crippen LogP contribution in [0.2, 0.25) is 0 Å². The second-order valence-electron chi connectivity index (χ2n) is 4.80. The molecule has 0 radical (unpaired) electrons. The van der Waals surface area contributed by atoms with Gasteiger partial charge in [-0.15, -0.1) is 0 Å². The average molecular weight is 414 g/mol. The number of hydrogen-bond acceptors (Lipinski definition) is 4. The molecule has 0 amide bonds. The third-order valence-corrected chi connectivity index (χ3v) is 4.48. The zero-order valence-electron chi connectivity index (χ0n) is 11.4. The summed E-state index contributed by atoms with van der Waals surface area (Å²) in [6.07, 6.45) is 1.80. The van der Waals surface area contributed by atoms with E-state index in [0.717, 1.165) is 31.7 Å². The molecule has 0 saturated heterocycles. The van der Waals surface area contributed by atoms with Gasteiger partial charge in [0.2, 0.25) is 6.79 Å². The number of rotatable bonds is 4. The van der Waals surface area contributed by atoms with E-state index in [4.69, 9.17) is 9.47 Å². The van der Waals surface area contributed by atoms with Crippen molar-refractivity contribution >= 4 is 31.9 Å². The summed E-state index contributed by atoms with van der Waals surface area (Å²) in [6, 6.07) is 8.20. The number of fused-ring (bicyclic) bond motifs is 1. The minimum Gasteiger partial charge on any atom is -0.454 e. The molecule has 1 aromatic carbocycles. The number of ether oxygens (including phenoxy) is 2. The van der Waals surface area contributed by atoms with Crippen molar-refractivity contribution in [1.29, 1.82) is 0 Å². The zero-order valence-corrected chi connectivity index (χ0v) is 14.6. The minimum absolute atomic E-state index is 0.192. The molecule has 1 unspecified atom stereocenters. The summed E-state index contributed by atoms with van der Waals surface area (Å²) >= 11 is 6.93. The Labute approximate surface area is 140 Å². The van der Waals surface area contributed by atoms with Crippen LogP contribution in [0.25, 0.3) is 0 Å². The third kappa shape index (κ3) is 3.39. The molecule has 110 valence electrons. The van der Waals surface area contributed by atoms with Crippen molar-refractivity contribution in [3.63, 3.8) is 0 Å². The summed E-state index contributed by atoms with van der Waals surface area (Å²) in [5, 5.41) is 3.46. The van der Waals surface area contributed by atoms with Gasteiger partial charge < -0.3 is 14.8 Å². The Morgan fingerprint density at radius 2 is 2.05 bits per heavy atom. The molecule has 0 aliphatic carbocycles. The first-order chi connectivity index (χ1) is 10.1. The number of benzene rings is 1. The Morgan fingerprint density at radius 1 is 1.24 bits per heavy atom. The molecule has 0 saturated carbocycles. The van der Waals surface area contributed by atoms with Gasteiger partial charge in [0, 0.05) is 27.7 Å². The van der Waals surface area contributed by atoms with Crippen LogP contribution >= 0.6 is 31.9 Å². The number of nitrogens with one attached hydrogen (secondary N) is 1. The van der Waals surface area contributed by atoms with Gasteiger partial charge in [-0.05, 0) is 62.5 Å². The van der Waals surface area contributed by atoms with Crippen LogP contribution < -0.4 is 14.8 Å². The molecule has 2 aromatic rings. The van der Waals surface area contributed by atoms with Gasteiger partial charge in [-0.1, -0.05) is 6.07 Å². The van der Waals surface area contributed by atoms with Gasteiger partial charge in [0.05, 0.1) is 5.69 Å². The second kappa shape index (κ2) is 6.34. The van der Waals surface area contributed by atoms with Gasteiger partial charge in [-0.25, -0.2) is 0 Å². The summed E-state index contributed by atoms with van der Waals surface area (Å²) in [7, 11) is 0. The van der Waals surface area contributed by atoms with E-state index in [9.17, 15) is 0 Å². The summed E-state index contributed by atoms with van der Waals surface area (Å²) in [5.41, 5.74) is 2.14. The van der Waals surface area contributed by atoms with Crippen molar-refractivity contribution in [2.45, 2.75) is 19.5 Å². The zero-order chi connectivity index (χ0) is 14.8. The molecule has 0 bridgehead atoms. The molecular weight excluding hydrogens is 400 g/mol. The van der Waals surface area contributed by atoms with Gasteiger partial charge >= 0.3 is 0 Å². The van der Waals surface area contributed by atoms with Crippen LogP contribution in [0.5, 0.6) is 11.5 Å². The van der Waals surface area contributed by atoms with Crippen molar-refractivity contribution in [3.8, 4) is 11.5 Å². The van der Waals surface area contributed by atoms with E-state index in [1.807, 2.05) is 18.2 Å². The van der Waals surface area contributed by atoms with Crippen molar-refractivity contribution in [3.05, 3.63) is 50.7 Å². The van der Waals surface area contributed by atoms with Crippen LogP contribution in [0.4, 0.5) is 0 Å². The van der Waals surface area contributed by atoms with Crippen LogP contribution in [0.1, 0.15) is 24.2 Å². The van der Waals surface area contributed by atoms with Crippen molar-refractivity contribution in [2.24, 2.45) is 0 Å². The lowest BCUT2D eigenvalue weighted by atomic mass is 10.1. The molecule has 1 atom stereocenters. The number of nitrogens with zero attached hydrogens (tertiary/aromatic N) is 1. The maximum absolute atomic E-state index is 5.41. The summed E-state index contributed by atoms with van der Waals surface area (Å²) in [6.45, 7) is 3.10. The molecule has 3 rings (SSSR count). The van der Waals surface area contributed by atoms with Crippen LogP contribution in [0, 0.1) is 0 Å². The van der Waals surface area contributed by atoms with Crippen molar-refractivity contribution < 1.29 is 9.47 Å². The highest BCUT2D eigenvalue weighted by atomic mass is 79.9. The molecule has 1 aromatic heterocycles. The number of aromatic nitrogens is 1. The lowest BCUT2D eigenvalue weighted by Crippen LogP contribution is -2.19. The average Bonchev–Trinajstić information content (AvgIpc) is 2.93. The predicted octanol–water partition coefficient (Wildman–Crippen LogP) is 4.19. The third-order valence-electron chi connectivity index (χ3n) is 3.36. The fourth-order valence-corrected chi connectivity index (χ4v) is 3.25. The first-order valence-electron chi connectivity index (χ1n) is 6.56. The first-order valence-corrected chi connectivity index (χ1v) is 8.15. The maximum Gasteiger partial charge on any atom is 0.231 e. The Hall–Kier alpha value is -1.11. The molecule has 0 spiro atoms. The largest absolute Gasteiger partial charge is 0.454 e. The molecule has 1 N–H and O–H groups in total. The molecule has 2 heterocycles. The highest BCUT2D eigenvalue weighted by Gasteiger charge is 2.15. The maximum atomic E-state index is 5.41. The van der Waals surface area contributed by atoms with Gasteiger partial charge in [-0.3, -0.25) is 4.98 Å². The molecule has 1 aliphatic heterocycles. The van der Waals surface area contributed by atoms with Gasteiger partial charge in [-0.2, -0.15) is 0 Å². The fourth-order valence-electron chi connectivity index (χ4n) is 2.12. The Balaban J connectivity index is 1.67. The Morgan fingerprint density at radius 3 is 2.86 bits per heavy atom. The minimum atomic E-state index is 0.192. The lowest BCUT2D eigenvalue weighted by Gasteiger charge is -2.15. The summed E-state index contributed by atoms with van der Waals surface area (Å²) in [4.78, 5) is 4.40. The summed E-state index contributed by atoms with van der Waals surface area (Å²) in [5.74, 6) is 1.62. The van der Waals surface area contributed by atoms with E-state index >= 15 is 0 Å². The first kappa shape index (κ1) is 14.8. The fraction of sp³-hybridized carbons (Fsp3) is 0.267. The highest BCUT2D eigenvalue weighted by Crippen LogP contribution is 2.34. The van der Waals surface area contributed by atoms with Gasteiger partial charge in [0.25, 0.3) is 0 Å². The predicted molar refractivity (Wildman–Crippen MR) is 87.5 cm³/mol. The standard InChI is InChI=1S/C15H14Br2N2O2/c1-9(10-2-3-14-15(4-10)21-8-20-14)18-7-13-12(17)5-11(16)6-19-13/h2-6,9,18H,7-8H2,1H3. The van der Waals surface area contributed by atoms with Crippen LogP contribution in [-0.4, -0.2) is 11.8 Å². The number of halogens is 2. The van der Waals surface area contributed by atoms with Crippen molar-refractivity contribution in [2.75, 3.05) is 6.79 Å². The monoisotopic (exact) mass is 412 g/mol. The van der Waals surface area contributed by atoms with Crippen LogP contribution in [0.15, 0.2) is 39.4 Å². The molecular formula is C15H14Br2N2O2. The lowest BCUT2D eigenvalue weighted by molar-refractivity contribution is 0.174. The molecule has 6 heteroatoms. The SMILES string of the molecule is CC(NCc1ncc(Br)cc1Br)c1ccc2c(c1)OCO2. The molecule has 4 nitrogen and oxygen atoms in total. The topological polar surface area (TPSA) is 43.4 Å². The second-order valence-corrected chi connectivity index (χ2v) is 6.57. The smallest absolute Gasteiger partial charge is 0.231 e. The van der Waals surface area contributed by atoms with Crippen LogP contribution in [0.3, 0.4) is 0 Å². The van der Waals surface area contributed by atoms with E-state index < -0.39 is 0 Å². The van der Waals surface area contributed by atoms with E-state index in [1.54, 1.807) is 6.20 Å². The Bertz CT molecular complexity index is 664. The van der Waals surface area contributed by atoms with Gasteiger partial charge in [0.15, 0.2) is 11.5 Å². The number of hydrogen-bond donors (Lipinski definition) is 1. The van der Waals surface area contributed by atoms with E-state index in [0.29, 0.717) is 13.3 Å². The van der Waals surface area contributed by atoms with E-state index in [1.165, 1.54) is 0 Å². The van der Waals surface area contributed by atoms with E-state index in [2.05, 4.69) is 55.2 Å². The van der Waals surface area contributed by atoms with Crippen molar-refractivity contribution in [1.82, 2.24) is 10.3 Å². The highest BCUT2D eigenvalue weighted by molar-refractivity contribution is 9.11. The Kier molecular flexibility index (Phi) is 4.47. The normalized spacial score (nSPS) is 14.2. The van der Waals surface area contributed by atoms with Gasteiger partial charge in [0.1, 0.15) is 0 Å². The quantitative estimate of drug-likeness (QED) is 0.816. The molecule has 21 heavy (non-hydrogen) atoms. The number of pyridine rings is 1. The summed E-state index contributed by atoms with van der Waals surface area (Å²) < 4.78 is 12.7. The molecule has 0 fully saturated rings.